The van der Waals surface area contributed by atoms with E-state index in [9.17, 15) is 0 Å². The molecule has 1 unspecified atom stereocenters. The predicted molar refractivity (Wildman–Crippen MR) is 80.8 cm³/mol. The van der Waals surface area contributed by atoms with Crippen molar-refractivity contribution in [3.8, 4) is 0 Å². The molecule has 0 saturated carbocycles. The second-order valence-corrected chi connectivity index (χ2v) is 6.39. The predicted octanol–water partition coefficient (Wildman–Crippen LogP) is 3.72. The molecule has 2 rings (SSSR count). The number of thioether (sulfide) groups is 1. The Morgan fingerprint density at radius 3 is 2.78 bits per heavy atom. The minimum Gasteiger partial charge on any atom is -0.316 e. The van der Waals surface area contributed by atoms with E-state index in [2.05, 4.69) is 22.4 Å². The Bertz CT molecular complexity index is 456. The Hall–Kier alpha value is -0.550. The van der Waals surface area contributed by atoms with E-state index in [1.165, 1.54) is 9.90 Å². The zero-order chi connectivity index (χ0) is 12.8. The number of aromatic nitrogens is 1. The second kappa shape index (κ2) is 7.14. The molecule has 0 bridgehead atoms. The molecule has 18 heavy (non-hydrogen) atoms. The van der Waals surface area contributed by atoms with Crippen LogP contribution in [0.4, 0.5) is 0 Å². The molecule has 1 heterocycles. The van der Waals surface area contributed by atoms with Crippen molar-refractivity contribution in [2.75, 3.05) is 12.8 Å². The quantitative estimate of drug-likeness (QED) is 0.823. The van der Waals surface area contributed by atoms with E-state index in [4.69, 9.17) is 11.6 Å². The summed E-state index contributed by atoms with van der Waals surface area (Å²) in [5.41, 5.74) is 0. The largest absolute Gasteiger partial charge is 0.316 e. The van der Waals surface area contributed by atoms with Gasteiger partial charge in [-0.2, -0.15) is 0 Å². The third-order valence-corrected chi connectivity index (χ3v) is 4.81. The van der Waals surface area contributed by atoms with Crippen LogP contribution in [0, 0.1) is 0 Å². The van der Waals surface area contributed by atoms with Crippen molar-refractivity contribution >= 4 is 34.7 Å². The maximum absolute atomic E-state index is 5.87. The SMILES string of the molecule is CNC(CSc1ccc(Cl)cc1)Cc1nccs1. The molecule has 2 nitrogen and oxygen atoms in total. The molecule has 0 fully saturated rings. The van der Waals surface area contributed by atoms with Gasteiger partial charge in [0.05, 0.1) is 5.01 Å². The van der Waals surface area contributed by atoms with Crippen LogP contribution in [-0.4, -0.2) is 23.8 Å². The molecular weight excluding hydrogens is 284 g/mol. The molecule has 1 atom stereocenters. The van der Waals surface area contributed by atoms with Gasteiger partial charge in [-0.1, -0.05) is 11.6 Å². The van der Waals surface area contributed by atoms with Gasteiger partial charge in [0.25, 0.3) is 0 Å². The topological polar surface area (TPSA) is 24.9 Å². The second-order valence-electron chi connectivity index (χ2n) is 3.88. The summed E-state index contributed by atoms with van der Waals surface area (Å²) in [6.45, 7) is 0. The zero-order valence-corrected chi connectivity index (χ0v) is 12.5. The van der Waals surface area contributed by atoms with Gasteiger partial charge in [0, 0.05) is 39.7 Å². The molecule has 0 spiro atoms. The fourth-order valence-electron chi connectivity index (χ4n) is 1.54. The number of rotatable bonds is 6. The van der Waals surface area contributed by atoms with Crippen LogP contribution >= 0.6 is 34.7 Å². The average molecular weight is 299 g/mol. The van der Waals surface area contributed by atoms with Crippen molar-refractivity contribution in [1.29, 1.82) is 0 Å². The van der Waals surface area contributed by atoms with Gasteiger partial charge in [0.15, 0.2) is 0 Å². The highest BCUT2D eigenvalue weighted by Gasteiger charge is 2.09. The van der Waals surface area contributed by atoms with E-state index in [0.29, 0.717) is 6.04 Å². The number of thiazole rings is 1. The number of halogens is 1. The highest BCUT2D eigenvalue weighted by atomic mass is 35.5. The fourth-order valence-corrected chi connectivity index (χ4v) is 3.37. The fraction of sp³-hybridized carbons (Fsp3) is 0.308. The first-order chi connectivity index (χ1) is 8.78. The van der Waals surface area contributed by atoms with E-state index >= 15 is 0 Å². The minimum atomic E-state index is 0.442. The third-order valence-electron chi connectivity index (χ3n) is 2.58. The summed E-state index contributed by atoms with van der Waals surface area (Å²) in [5, 5.41) is 7.33. The van der Waals surface area contributed by atoms with Crippen molar-refractivity contribution < 1.29 is 0 Å². The third kappa shape index (κ3) is 4.28. The van der Waals surface area contributed by atoms with E-state index < -0.39 is 0 Å². The molecule has 0 amide bonds. The Morgan fingerprint density at radius 2 is 2.17 bits per heavy atom. The van der Waals surface area contributed by atoms with Crippen LogP contribution in [0.5, 0.6) is 0 Å². The number of hydrogen-bond acceptors (Lipinski definition) is 4. The summed E-state index contributed by atoms with van der Waals surface area (Å²) in [6, 6.07) is 8.42. The molecule has 0 radical (unpaired) electrons. The van der Waals surface area contributed by atoms with Crippen molar-refractivity contribution in [2.24, 2.45) is 0 Å². The van der Waals surface area contributed by atoms with Crippen LogP contribution in [0.1, 0.15) is 5.01 Å². The van der Waals surface area contributed by atoms with Gasteiger partial charge in [-0.15, -0.1) is 23.1 Å². The smallest absolute Gasteiger partial charge is 0.0940 e. The van der Waals surface area contributed by atoms with E-state index in [-0.39, 0.29) is 0 Å². The molecule has 1 aromatic heterocycles. The Morgan fingerprint density at radius 1 is 1.39 bits per heavy atom. The first-order valence-corrected chi connectivity index (χ1v) is 7.96. The van der Waals surface area contributed by atoms with E-state index in [1.54, 1.807) is 11.3 Å². The highest BCUT2D eigenvalue weighted by molar-refractivity contribution is 7.99. The van der Waals surface area contributed by atoms with E-state index in [1.807, 2.05) is 42.5 Å². The lowest BCUT2D eigenvalue weighted by atomic mass is 10.2. The van der Waals surface area contributed by atoms with Gasteiger partial charge in [-0.25, -0.2) is 4.98 Å². The van der Waals surface area contributed by atoms with Gasteiger partial charge >= 0.3 is 0 Å². The lowest BCUT2D eigenvalue weighted by Gasteiger charge is -2.14. The minimum absolute atomic E-state index is 0.442. The van der Waals surface area contributed by atoms with Gasteiger partial charge in [-0.3, -0.25) is 0 Å². The number of hydrogen-bond donors (Lipinski definition) is 1. The molecule has 5 heteroatoms. The molecule has 0 aliphatic rings. The van der Waals surface area contributed by atoms with Crippen LogP contribution in [-0.2, 0) is 6.42 Å². The van der Waals surface area contributed by atoms with Gasteiger partial charge in [-0.05, 0) is 31.3 Å². The summed E-state index contributed by atoms with van der Waals surface area (Å²) in [6.07, 6.45) is 2.84. The van der Waals surface area contributed by atoms with Gasteiger partial charge in [0.1, 0.15) is 0 Å². The molecule has 2 aromatic rings. The van der Waals surface area contributed by atoms with Gasteiger partial charge < -0.3 is 5.32 Å². The summed E-state index contributed by atoms with van der Waals surface area (Å²) in [5.74, 6) is 1.03. The maximum atomic E-state index is 5.87. The average Bonchev–Trinajstić information content (AvgIpc) is 2.89. The van der Waals surface area contributed by atoms with Crippen LogP contribution in [0.15, 0.2) is 40.7 Å². The first-order valence-electron chi connectivity index (χ1n) is 5.72. The Balaban J connectivity index is 1.85. The number of nitrogens with zero attached hydrogens (tertiary/aromatic N) is 1. The number of benzene rings is 1. The summed E-state index contributed by atoms with van der Waals surface area (Å²) >= 11 is 9.42. The van der Waals surface area contributed by atoms with E-state index in [0.717, 1.165) is 17.2 Å². The van der Waals surface area contributed by atoms with Crippen molar-refractivity contribution in [2.45, 2.75) is 17.4 Å². The van der Waals surface area contributed by atoms with Crippen LogP contribution in [0.25, 0.3) is 0 Å². The van der Waals surface area contributed by atoms with Crippen molar-refractivity contribution in [3.63, 3.8) is 0 Å². The molecule has 0 saturated heterocycles. The molecule has 0 aliphatic heterocycles. The summed E-state index contributed by atoms with van der Waals surface area (Å²) < 4.78 is 0. The summed E-state index contributed by atoms with van der Waals surface area (Å²) in [4.78, 5) is 5.57. The van der Waals surface area contributed by atoms with Crippen LogP contribution in [0.3, 0.4) is 0 Å². The molecule has 96 valence electrons. The van der Waals surface area contributed by atoms with Gasteiger partial charge in [0.2, 0.25) is 0 Å². The molecule has 1 N–H and O–H groups in total. The molecule has 1 aromatic carbocycles. The highest BCUT2D eigenvalue weighted by Crippen LogP contribution is 2.22. The monoisotopic (exact) mass is 298 g/mol. The standard InChI is InChI=1S/C13H15ClN2S2/c1-15-11(8-13-16-6-7-17-13)9-18-12-4-2-10(14)3-5-12/h2-7,11,15H,8-9H2,1H3. The van der Waals surface area contributed by atoms with Crippen molar-refractivity contribution in [3.05, 3.63) is 45.9 Å². The van der Waals surface area contributed by atoms with Crippen LogP contribution < -0.4 is 5.32 Å². The normalized spacial score (nSPS) is 12.6. The van der Waals surface area contributed by atoms with Crippen LogP contribution in [0.2, 0.25) is 5.02 Å². The lowest BCUT2D eigenvalue weighted by molar-refractivity contribution is 0.615. The Kier molecular flexibility index (Phi) is 5.50. The van der Waals surface area contributed by atoms with Crippen molar-refractivity contribution in [1.82, 2.24) is 10.3 Å². The molecule has 0 aliphatic carbocycles. The Labute approximate surface area is 121 Å². The first kappa shape index (κ1) is 13.9. The number of nitrogens with one attached hydrogen (secondary N) is 1. The number of likely N-dealkylation sites (N-methyl/N-ethyl adjacent to an activating group) is 1. The lowest BCUT2D eigenvalue weighted by Crippen LogP contribution is -2.29. The molecular formula is C13H15ClN2S2. The summed E-state index contributed by atoms with van der Waals surface area (Å²) in [7, 11) is 2.00. The zero-order valence-electron chi connectivity index (χ0n) is 10.1. The maximum Gasteiger partial charge on any atom is 0.0940 e.